The molecular weight excluding hydrogens is 562 g/mol. The Morgan fingerprint density at radius 3 is 2.30 bits per heavy atom. The molecule has 236 valence electrons. The number of carbonyl (C=O) groups excluding carboxylic acids is 1. The molecule has 7 N–H and O–H groups in total. The van der Waals surface area contributed by atoms with Crippen LogP contribution in [0.3, 0.4) is 0 Å². The number of nitrogens with one attached hydrogen (secondary N) is 5. The number of amides is 1. The standard InChI is InChI=1S/C33H43N5O6/c1-7-20-18(5)32(43)36-27(20)14-25-17(4)22(10-12-31(41)42)29(35-25)15-28-21(9-11-30(39)40)16(3)24(34-28)13-26-19(6)23(8-2)33(37-26)38-44-33/h8,14-15,18,20,24,26,34-35,37-38H,2,7,9-13H2,1,3-6H3,(H,36,43)(H,39,40)(H,41,42)/b27-14-,28-15-/t18-,20-,24?,26-,33-/m1/s1. The van der Waals surface area contributed by atoms with Crippen molar-refractivity contribution in [2.75, 3.05) is 0 Å². The van der Waals surface area contributed by atoms with Crippen LogP contribution in [0.25, 0.3) is 12.2 Å². The number of hydrogen-bond acceptors (Lipinski definition) is 7. The lowest BCUT2D eigenvalue weighted by atomic mass is 9.92. The molecule has 0 radical (unpaired) electrons. The van der Waals surface area contributed by atoms with Crippen LogP contribution in [0.1, 0.15) is 82.3 Å². The summed E-state index contributed by atoms with van der Waals surface area (Å²) in [6.07, 6.45) is 7.92. The van der Waals surface area contributed by atoms with Crippen molar-refractivity contribution in [2.24, 2.45) is 11.8 Å². The van der Waals surface area contributed by atoms with Crippen LogP contribution in [0.5, 0.6) is 0 Å². The molecule has 0 bridgehead atoms. The molecule has 1 unspecified atom stereocenters. The number of allylic oxidation sites excluding steroid dienone is 2. The van der Waals surface area contributed by atoms with E-state index >= 15 is 0 Å². The SMILES string of the molecule is C=CC1=C(C)[C@@H](CC2N/C(=C\c3[nH]c(/C=C4\NC(=O)[C@H](C)[C@H]4CC)c(C)c3CCC(=O)O)C(CCC(=O)O)=C2C)N[C@@]12NO2. The van der Waals surface area contributed by atoms with E-state index in [9.17, 15) is 24.6 Å². The highest BCUT2D eigenvalue weighted by Gasteiger charge is 2.55. The molecule has 2 fully saturated rings. The molecule has 1 aromatic rings. The Balaban J connectivity index is 1.50. The summed E-state index contributed by atoms with van der Waals surface area (Å²) in [7, 11) is 0. The van der Waals surface area contributed by atoms with Gasteiger partial charge in [0, 0.05) is 65.1 Å². The van der Waals surface area contributed by atoms with Crippen LogP contribution in [0.15, 0.2) is 46.3 Å². The average molecular weight is 606 g/mol. The number of carboxylic acids is 2. The van der Waals surface area contributed by atoms with Crippen molar-refractivity contribution in [3.8, 4) is 0 Å². The van der Waals surface area contributed by atoms with E-state index in [1.54, 1.807) is 6.08 Å². The van der Waals surface area contributed by atoms with Crippen LogP contribution >= 0.6 is 0 Å². The summed E-state index contributed by atoms with van der Waals surface area (Å²) in [5.41, 5.74) is 12.1. The summed E-state index contributed by atoms with van der Waals surface area (Å²) < 4.78 is 0. The molecular formula is C33H43N5O6. The summed E-state index contributed by atoms with van der Waals surface area (Å²) >= 11 is 0. The van der Waals surface area contributed by atoms with Gasteiger partial charge in [-0.05, 0) is 86.5 Å². The molecule has 11 heteroatoms. The second kappa shape index (κ2) is 12.2. The smallest absolute Gasteiger partial charge is 0.303 e. The first kappa shape index (κ1) is 31.5. The predicted octanol–water partition coefficient (Wildman–Crippen LogP) is 4.02. The van der Waals surface area contributed by atoms with Gasteiger partial charge in [-0.2, -0.15) is 0 Å². The van der Waals surface area contributed by atoms with Crippen molar-refractivity contribution in [2.45, 2.75) is 91.1 Å². The quantitative estimate of drug-likeness (QED) is 0.173. The number of aromatic amines is 1. The highest BCUT2D eigenvalue weighted by Crippen LogP contribution is 2.40. The maximum Gasteiger partial charge on any atom is 0.303 e. The third-order valence-electron chi connectivity index (χ3n) is 9.68. The van der Waals surface area contributed by atoms with Crippen molar-refractivity contribution >= 4 is 30.0 Å². The molecule has 0 aromatic carbocycles. The maximum atomic E-state index is 12.4. The van der Waals surface area contributed by atoms with Gasteiger partial charge in [-0.1, -0.05) is 26.5 Å². The van der Waals surface area contributed by atoms with Gasteiger partial charge in [-0.25, -0.2) is 0 Å². The molecule has 5 atom stereocenters. The number of aromatic nitrogens is 1. The fourth-order valence-corrected chi connectivity index (χ4v) is 6.94. The lowest BCUT2D eigenvalue weighted by Crippen LogP contribution is -2.41. The van der Waals surface area contributed by atoms with Crippen molar-refractivity contribution < 1.29 is 29.4 Å². The molecule has 0 aliphatic carbocycles. The number of carbonyl (C=O) groups is 3. The van der Waals surface area contributed by atoms with Gasteiger partial charge in [0.2, 0.25) is 11.8 Å². The Morgan fingerprint density at radius 2 is 1.70 bits per heavy atom. The number of rotatable bonds is 12. The van der Waals surface area contributed by atoms with E-state index in [1.165, 1.54) is 0 Å². The van der Waals surface area contributed by atoms with Gasteiger partial charge in [0.15, 0.2) is 0 Å². The summed E-state index contributed by atoms with van der Waals surface area (Å²) in [5.74, 6) is -2.48. The van der Waals surface area contributed by atoms with Crippen LogP contribution < -0.4 is 21.4 Å². The summed E-state index contributed by atoms with van der Waals surface area (Å²) in [5, 5.41) is 29.2. The minimum absolute atomic E-state index is 0.00243. The van der Waals surface area contributed by atoms with Gasteiger partial charge in [-0.15, -0.1) is 5.48 Å². The molecule has 1 amide bonds. The minimum Gasteiger partial charge on any atom is -0.481 e. The van der Waals surface area contributed by atoms with Crippen LogP contribution in [-0.2, 0) is 25.6 Å². The molecule has 5 rings (SSSR count). The number of hydroxylamine groups is 1. The normalized spacial score (nSPS) is 29.7. The van der Waals surface area contributed by atoms with Gasteiger partial charge < -0.3 is 25.8 Å². The second-order valence-corrected chi connectivity index (χ2v) is 12.3. The Labute approximate surface area is 257 Å². The van der Waals surface area contributed by atoms with Gasteiger partial charge in [0.05, 0.1) is 0 Å². The van der Waals surface area contributed by atoms with E-state index in [1.807, 2.05) is 32.9 Å². The van der Waals surface area contributed by atoms with Crippen LogP contribution in [0.4, 0.5) is 0 Å². The van der Waals surface area contributed by atoms with Crippen molar-refractivity contribution in [3.05, 3.63) is 68.9 Å². The van der Waals surface area contributed by atoms with Crippen LogP contribution in [0, 0.1) is 18.8 Å². The van der Waals surface area contributed by atoms with E-state index in [2.05, 4.69) is 46.8 Å². The third-order valence-corrected chi connectivity index (χ3v) is 9.68. The molecule has 4 aliphatic rings. The monoisotopic (exact) mass is 605 g/mol. The van der Waals surface area contributed by atoms with Crippen LogP contribution in [-0.4, -0.2) is 51.0 Å². The molecule has 5 heterocycles. The van der Waals surface area contributed by atoms with Gasteiger partial charge >= 0.3 is 11.9 Å². The zero-order valence-corrected chi connectivity index (χ0v) is 26.0. The Morgan fingerprint density at radius 1 is 1.02 bits per heavy atom. The lowest BCUT2D eigenvalue weighted by molar-refractivity contribution is -0.138. The van der Waals surface area contributed by atoms with E-state index in [-0.39, 0.29) is 42.7 Å². The third kappa shape index (κ3) is 5.91. The number of carboxylic acid groups (broad SMARTS) is 2. The maximum absolute atomic E-state index is 12.4. The highest BCUT2D eigenvalue weighted by atomic mass is 16.8. The fraction of sp³-hybridized carbons (Fsp3) is 0.485. The number of aliphatic carboxylic acids is 2. The molecule has 4 aliphatic heterocycles. The minimum atomic E-state index is -0.887. The molecule has 11 nitrogen and oxygen atoms in total. The predicted molar refractivity (Wildman–Crippen MR) is 166 cm³/mol. The molecule has 0 saturated carbocycles. The first-order chi connectivity index (χ1) is 20.9. The first-order valence-corrected chi connectivity index (χ1v) is 15.3. The molecule has 44 heavy (non-hydrogen) atoms. The van der Waals surface area contributed by atoms with Crippen LogP contribution in [0.2, 0.25) is 0 Å². The van der Waals surface area contributed by atoms with Crippen molar-refractivity contribution in [3.63, 3.8) is 0 Å². The fourth-order valence-electron chi connectivity index (χ4n) is 6.94. The molecule has 1 spiro atoms. The summed E-state index contributed by atoms with van der Waals surface area (Å²) in [4.78, 5) is 44.6. The summed E-state index contributed by atoms with van der Waals surface area (Å²) in [6.45, 7) is 14.0. The largest absolute Gasteiger partial charge is 0.481 e. The Hall–Kier alpha value is -3.93. The molecule has 2 saturated heterocycles. The summed E-state index contributed by atoms with van der Waals surface area (Å²) in [6, 6.07) is -0.0452. The Kier molecular flexibility index (Phi) is 8.75. The topological polar surface area (TPSA) is 178 Å². The lowest BCUT2D eigenvalue weighted by Gasteiger charge is -2.20. The molecule has 1 aromatic heterocycles. The van der Waals surface area contributed by atoms with E-state index in [4.69, 9.17) is 4.84 Å². The van der Waals surface area contributed by atoms with Gasteiger partial charge in [0.1, 0.15) is 0 Å². The van der Waals surface area contributed by atoms with E-state index < -0.39 is 17.8 Å². The van der Waals surface area contributed by atoms with E-state index in [0.29, 0.717) is 19.3 Å². The first-order valence-electron chi connectivity index (χ1n) is 15.3. The number of H-pyrrole nitrogens is 1. The van der Waals surface area contributed by atoms with Gasteiger partial charge in [-0.3, -0.25) is 24.5 Å². The zero-order chi connectivity index (χ0) is 31.9. The highest BCUT2D eigenvalue weighted by molar-refractivity contribution is 5.86. The second-order valence-electron chi connectivity index (χ2n) is 12.3. The van der Waals surface area contributed by atoms with Crippen molar-refractivity contribution in [1.82, 2.24) is 26.4 Å². The Bertz CT molecular complexity index is 1520. The number of hydrogen-bond donors (Lipinski definition) is 7. The van der Waals surface area contributed by atoms with E-state index in [0.717, 1.165) is 62.6 Å². The van der Waals surface area contributed by atoms with Gasteiger partial charge in [0.25, 0.3) is 0 Å². The average Bonchev–Trinajstić information content (AvgIpc) is 3.38. The van der Waals surface area contributed by atoms with Crippen molar-refractivity contribution in [1.29, 1.82) is 0 Å². The zero-order valence-electron chi connectivity index (χ0n) is 26.0.